The molecule has 94 valence electrons. The highest BCUT2D eigenvalue weighted by Crippen LogP contribution is 2.26. The fourth-order valence-electron chi connectivity index (χ4n) is 1.81. The van der Waals surface area contributed by atoms with Crippen molar-refractivity contribution < 1.29 is 4.39 Å². The minimum atomic E-state index is -0.269. The molecule has 0 atom stereocenters. The first-order chi connectivity index (χ1) is 8.58. The van der Waals surface area contributed by atoms with E-state index in [9.17, 15) is 4.39 Å². The van der Waals surface area contributed by atoms with E-state index in [0.29, 0.717) is 4.47 Å². The highest BCUT2D eigenvalue weighted by molar-refractivity contribution is 9.10. The van der Waals surface area contributed by atoms with Crippen molar-refractivity contribution in [3.63, 3.8) is 0 Å². The van der Waals surface area contributed by atoms with Gasteiger partial charge in [0.2, 0.25) is 0 Å². The van der Waals surface area contributed by atoms with Gasteiger partial charge < -0.3 is 4.90 Å². The van der Waals surface area contributed by atoms with Crippen molar-refractivity contribution in [3.05, 3.63) is 52.4 Å². The normalized spacial score (nSPS) is 10.9. The van der Waals surface area contributed by atoms with Crippen molar-refractivity contribution in [3.8, 4) is 11.3 Å². The van der Waals surface area contributed by atoms with E-state index in [1.54, 1.807) is 12.3 Å². The molecule has 0 aliphatic rings. The van der Waals surface area contributed by atoms with Crippen LogP contribution in [0.2, 0.25) is 0 Å². The molecule has 0 unspecified atom stereocenters. The molecule has 0 fully saturated rings. The molecular formula is C14H14BrFN2. The second kappa shape index (κ2) is 5.59. The summed E-state index contributed by atoms with van der Waals surface area (Å²) < 4.78 is 14.0. The summed E-state index contributed by atoms with van der Waals surface area (Å²) >= 11 is 3.16. The number of pyridine rings is 1. The lowest BCUT2D eigenvalue weighted by Crippen LogP contribution is -2.11. The Morgan fingerprint density at radius 1 is 1.28 bits per heavy atom. The maximum atomic E-state index is 13.6. The maximum Gasteiger partial charge on any atom is 0.138 e. The van der Waals surface area contributed by atoms with Gasteiger partial charge in [-0.3, -0.25) is 4.98 Å². The van der Waals surface area contributed by atoms with Gasteiger partial charge in [-0.15, -0.1) is 0 Å². The molecule has 1 heterocycles. The Hall–Kier alpha value is -1.26. The second-order valence-electron chi connectivity index (χ2n) is 4.38. The number of aromatic nitrogens is 1. The lowest BCUT2D eigenvalue weighted by molar-refractivity contribution is 0.402. The molecule has 4 heteroatoms. The molecule has 0 amide bonds. The number of hydrogen-bond acceptors (Lipinski definition) is 2. The second-order valence-corrected chi connectivity index (χ2v) is 5.23. The highest BCUT2D eigenvalue weighted by atomic mass is 79.9. The van der Waals surface area contributed by atoms with Crippen LogP contribution in [-0.4, -0.2) is 24.0 Å². The quantitative estimate of drug-likeness (QED) is 0.859. The van der Waals surface area contributed by atoms with Crippen LogP contribution in [0.15, 0.2) is 41.0 Å². The zero-order chi connectivity index (χ0) is 13.1. The first-order valence-electron chi connectivity index (χ1n) is 5.62. The van der Waals surface area contributed by atoms with Crippen LogP contribution >= 0.6 is 15.9 Å². The molecule has 0 saturated carbocycles. The van der Waals surface area contributed by atoms with E-state index in [-0.39, 0.29) is 5.82 Å². The van der Waals surface area contributed by atoms with E-state index < -0.39 is 0 Å². The molecule has 2 aromatic rings. The van der Waals surface area contributed by atoms with Gasteiger partial charge in [-0.25, -0.2) is 4.39 Å². The summed E-state index contributed by atoms with van der Waals surface area (Å²) in [7, 11) is 4.00. The van der Waals surface area contributed by atoms with Crippen LogP contribution in [0.5, 0.6) is 0 Å². The third-order valence-corrected chi connectivity index (χ3v) is 3.21. The summed E-state index contributed by atoms with van der Waals surface area (Å²) in [5.41, 5.74) is 2.72. The Morgan fingerprint density at radius 2 is 2.06 bits per heavy atom. The summed E-state index contributed by atoms with van der Waals surface area (Å²) in [6.07, 6.45) is 1.73. The van der Waals surface area contributed by atoms with Gasteiger partial charge in [-0.2, -0.15) is 0 Å². The molecule has 2 rings (SSSR count). The molecule has 0 radical (unpaired) electrons. The van der Waals surface area contributed by atoms with Crippen LogP contribution in [0.1, 0.15) is 5.56 Å². The standard InChI is InChI=1S/C14H14BrFN2/c1-18(2)9-11-4-3-7-17-14(11)10-5-6-12(15)13(16)8-10/h3-8H,9H2,1-2H3. The summed E-state index contributed by atoms with van der Waals surface area (Å²) in [5, 5.41) is 0. The Morgan fingerprint density at radius 3 is 2.72 bits per heavy atom. The molecule has 1 aromatic heterocycles. The van der Waals surface area contributed by atoms with E-state index in [0.717, 1.165) is 23.4 Å². The topological polar surface area (TPSA) is 16.1 Å². The molecule has 2 nitrogen and oxygen atoms in total. The minimum Gasteiger partial charge on any atom is -0.305 e. The average molecular weight is 309 g/mol. The number of nitrogens with zero attached hydrogens (tertiary/aromatic N) is 2. The van der Waals surface area contributed by atoms with Gasteiger partial charge in [0.1, 0.15) is 5.82 Å². The molecule has 18 heavy (non-hydrogen) atoms. The molecule has 1 aromatic carbocycles. The van der Waals surface area contributed by atoms with Crippen LogP contribution in [-0.2, 0) is 6.54 Å². The molecule has 0 N–H and O–H groups in total. The Labute approximate surface area is 115 Å². The van der Waals surface area contributed by atoms with E-state index in [1.165, 1.54) is 6.07 Å². The number of halogens is 2. The zero-order valence-corrected chi connectivity index (χ0v) is 11.9. The summed E-state index contributed by atoms with van der Waals surface area (Å²) in [5.74, 6) is -0.269. The summed E-state index contributed by atoms with van der Waals surface area (Å²) in [6.45, 7) is 0.779. The van der Waals surface area contributed by atoms with Gasteiger partial charge in [0.15, 0.2) is 0 Å². The maximum absolute atomic E-state index is 13.6. The van der Waals surface area contributed by atoms with Gasteiger partial charge >= 0.3 is 0 Å². The van der Waals surface area contributed by atoms with E-state index >= 15 is 0 Å². The van der Waals surface area contributed by atoms with Crippen LogP contribution in [0, 0.1) is 5.82 Å². The van der Waals surface area contributed by atoms with Gasteiger partial charge in [-0.1, -0.05) is 12.1 Å². The van der Waals surface area contributed by atoms with Gasteiger partial charge in [0.05, 0.1) is 10.2 Å². The largest absolute Gasteiger partial charge is 0.305 e. The number of benzene rings is 1. The zero-order valence-electron chi connectivity index (χ0n) is 10.3. The predicted octanol–water partition coefficient (Wildman–Crippen LogP) is 3.71. The Bertz CT molecular complexity index is 555. The number of hydrogen-bond donors (Lipinski definition) is 0. The van der Waals surface area contributed by atoms with Crippen LogP contribution in [0.25, 0.3) is 11.3 Å². The monoisotopic (exact) mass is 308 g/mol. The molecule has 0 spiro atoms. The third kappa shape index (κ3) is 2.94. The molecule has 0 bridgehead atoms. The van der Waals surface area contributed by atoms with Crippen LogP contribution < -0.4 is 0 Å². The van der Waals surface area contributed by atoms with Crippen LogP contribution in [0.3, 0.4) is 0 Å². The van der Waals surface area contributed by atoms with Gasteiger partial charge in [0, 0.05) is 18.3 Å². The molecule has 0 aliphatic carbocycles. The van der Waals surface area contributed by atoms with Crippen molar-refractivity contribution in [2.24, 2.45) is 0 Å². The van der Waals surface area contributed by atoms with Crippen molar-refractivity contribution >= 4 is 15.9 Å². The number of rotatable bonds is 3. The lowest BCUT2D eigenvalue weighted by Gasteiger charge is -2.13. The minimum absolute atomic E-state index is 0.269. The summed E-state index contributed by atoms with van der Waals surface area (Å²) in [6, 6.07) is 9.00. The van der Waals surface area contributed by atoms with Crippen molar-refractivity contribution in [2.45, 2.75) is 6.54 Å². The van der Waals surface area contributed by atoms with Gasteiger partial charge in [-0.05, 0) is 53.8 Å². The van der Waals surface area contributed by atoms with Crippen LogP contribution in [0.4, 0.5) is 4.39 Å². The first kappa shape index (κ1) is 13.2. The average Bonchev–Trinajstić information content (AvgIpc) is 2.33. The Balaban J connectivity index is 2.46. The fourth-order valence-corrected chi connectivity index (χ4v) is 2.06. The molecule has 0 saturated heterocycles. The fraction of sp³-hybridized carbons (Fsp3) is 0.214. The highest BCUT2D eigenvalue weighted by Gasteiger charge is 2.09. The molecular weight excluding hydrogens is 295 g/mol. The van der Waals surface area contributed by atoms with E-state index in [4.69, 9.17) is 0 Å². The summed E-state index contributed by atoms with van der Waals surface area (Å²) in [4.78, 5) is 6.43. The van der Waals surface area contributed by atoms with E-state index in [1.807, 2.05) is 32.3 Å². The van der Waals surface area contributed by atoms with Crippen molar-refractivity contribution in [2.75, 3.05) is 14.1 Å². The first-order valence-corrected chi connectivity index (χ1v) is 6.41. The lowest BCUT2D eigenvalue weighted by atomic mass is 10.1. The van der Waals surface area contributed by atoms with Crippen molar-refractivity contribution in [1.82, 2.24) is 9.88 Å². The van der Waals surface area contributed by atoms with Gasteiger partial charge in [0.25, 0.3) is 0 Å². The SMILES string of the molecule is CN(C)Cc1cccnc1-c1ccc(Br)c(F)c1. The molecule has 0 aliphatic heterocycles. The smallest absolute Gasteiger partial charge is 0.138 e. The third-order valence-electron chi connectivity index (χ3n) is 2.57. The van der Waals surface area contributed by atoms with E-state index in [2.05, 4.69) is 25.8 Å². The predicted molar refractivity (Wildman–Crippen MR) is 74.7 cm³/mol. The Kier molecular flexibility index (Phi) is 4.09. The van der Waals surface area contributed by atoms with Crippen molar-refractivity contribution in [1.29, 1.82) is 0 Å².